The lowest BCUT2D eigenvalue weighted by Crippen LogP contribution is -2.42. The van der Waals surface area contributed by atoms with E-state index in [-0.39, 0.29) is 18.6 Å². The topological polar surface area (TPSA) is 64.6 Å². The fourth-order valence-electron chi connectivity index (χ4n) is 1.85. The molecule has 0 spiro atoms. The smallest absolute Gasteiger partial charge is 0.234 e. The first-order valence-electron chi connectivity index (χ1n) is 6.05. The van der Waals surface area contributed by atoms with E-state index in [0.29, 0.717) is 13.0 Å². The maximum atomic E-state index is 11.7. The largest absolute Gasteiger partial charge is 0.396 e. The van der Waals surface area contributed by atoms with Crippen LogP contribution < -0.4 is 10.6 Å². The monoisotopic (exact) mass is 229 g/mol. The molecule has 0 aromatic heterocycles. The molecule has 1 saturated heterocycles. The number of hydrogen-bond acceptors (Lipinski definition) is 4. The summed E-state index contributed by atoms with van der Waals surface area (Å²) in [6, 6.07) is 0.0580. The molecule has 1 unspecified atom stereocenters. The number of nitrogens with zero attached hydrogens (tertiary/aromatic N) is 1. The average Bonchev–Trinajstić information content (AvgIpc) is 2.46. The van der Waals surface area contributed by atoms with Gasteiger partial charge in [-0.15, -0.1) is 0 Å². The lowest BCUT2D eigenvalue weighted by molar-refractivity contribution is -0.122. The molecule has 0 saturated carbocycles. The zero-order valence-electron chi connectivity index (χ0n) is 10.0. The number of amides is 1. The van der Waals surface area contributed by atoms with Crippen molar-refractivity contribution in [3.05, 3.63) is 0 Å². The Morgan fingerprint density at radius 3 is 3.06 bits per heavy atom. The Labute approximate surface area is 97.2 Å². The molecular formula is C11H23N3O2. The summed E-state index contributed by atoms with van der Waals surface area (Å²) in [6.07, 6.45) is 1.72. The first kappa shape index (κ1) is 13.4. The maximum Gasteiger partial charge on any atom is 0.234 e. The van der Waals surface area contributed by atoms with Gasteiger partial charge in [-0.25, -0.2) is 0 Å². The van der Waals surface area contributed by atoms with Crippen molar-refractivity contribution >= 4 is 5.91 Å². The van der Waals surface area contributed by atoms with E-state index in [9.17, 15) is 4.79 Å². The standard InChI is InChI=1S/C11H23N3O2/c1-10(3-8-15)13-11(16)9-14-6-2-4-12-5-7-14/h10,12,15H,2-9H2,1H3,(H,13,16). The Kier molecular flexibility index (Phi) is 6.37. The second-order valence-corrected chi connectivity index (χ2v) is 4.36. The van der Waals surface area contributed by atoms with Crippen LogP contribution in [-0.4, -0.2) is 61.3 Å². The number of nitrogens with one attached hydrogen (secondary N) is 2. The molecule has 1 atom stereocenters. The number of hydrogen-bond donors (Lipinski definition) is 3. The van der Waals surface area contributed by atoms with Crippen molar-refractivity contribution in [2.45, 2.75) is 25.8 Å². The number of aliphatic hydroxyl groups is 1. The number of rotatable bonds is 5. The Bertz CT molecular complexity index is 203. The zero-order valence-corrected chi connectivity index (χ0v) is 10.0. The Balaban J connectivity index is 2.21. The van der Waals surface area contributed by atoms with Crippen molar-refractivity contribution < 1.29 is 9.90 Å². The first-order chi connectivity index (χ1) is 7.72. The molecule has 1 fully saturated rings. The van der Waals surface area contributed by atoms with Crippen molar-refractivity contribution in [2.75, 3.05) is 39.3 Å². The first-order valence-corrected chi connectivity index (χ1v) is 6.05. The predicted octanol–water partition coefficient (Wildman–Crippen LogP) is -0.831. The van der Waals surface area contributed by atoms with Gasteiger partial charge in [0.2, 0.25) is 5.91 Å². The highest BCUT2D eigenvalue weighted by atomic mass is 16.3. The Morgan fingerprint density at radius 2 is 2.31 bits per heavy atom. The fraction of sp³-hybridized carbons (Fsp3) is 0.909. The van der Waals surface area contributed by atoms with E-state index in [1.54, 1.807) is 0 Å². The molecule has 5 nitrogen and oxygen atoms in total. The summed E-state index contributed by atoms with van der Waals surface area (Å²) in [4.78, 5) is 13.8. The van der Waals surface area contributed by atoms with Gasteiger partial charge in [0.15, 0.2) is 0 Å². The summed E-state index contributed by atoms with van der Waals surface area (Å²) in [5.74, 6) is 0.0582. The molecule has 1 heterocycles. The van der Waals surface area contributed by atoms with Gasteiger partial charge in [0.25, 0.3) is 0 Å². The van der Waals surface area contributed by atoms with Crippen molar-refractivity contribution in [2.24, 2.45) is 0 Å². The molecule has 0 bridgehead atoms. The van der Waals surface area contributed by atoms with Gasteiger partial charge >= 0.3 is 0 Å². The summed E-state index contributed by atoms with van der Waals surface area (Å²) < 4.78 is 0. The third kappa shape index (κ3) is 5.44. The number of aliphatic hydroxyl groups excluding tert-OH is 1. The van der Waals surface area contributed by atoms with Crippen LogP contribution in [0.15, 0.2) is 0 Å². The van der Waals surface area contributed by atoms with Crippen LogP contribution in [0.5, 0.6) is 0 Å². The molecule has 3 N–H and O–H groups in total. The molecule has 1 rings (SSSR count). The summed E-state index contributed by atoms with van der Waals surface area (Å²) in [5, 5.41) is 14.9. The predicted molar refractivity (Wildman–Crippen MR) is 63.2 cm³/mol. The minimum atomic E-state index is 0.0580. The fourth-order valence-corrected chi connectivity index (χ4v) is 1.85. The van der Waals surface area contributed by atoms with Gasteiger partial charge in [0, 0.05) is 25.7 Å². The maximum absolute atomic E-state index is 11.7. The van der Waals surface area contributed by atoms with Crippen LogP contribution >= 0.6 is 0 Å². The molecule has 0 aromatic carbocycles. The van der Waals surface area contributed by atoms with Gasteiger partial charge in [0.05, 0.1) is 6.54 Å². The normalized spacial score (nSPS) is 20.1. The Hall–Kier alpha value is -0.650. The molecule has 1 aliphatic rings. The van der Waals surface area contributed by atoms with E-state index in [1.807, 2.05) is 6.92 Å². The SMILES string of the molecule is CC(CCO)NC(=O)CN1CCCNCC1. The lowest BCUT2D eigenvalue weighted by Gasteiger charge is -2.20. The van der Waals surface area contributed by atoms with E-state index in [1.165, 1.54) is 0 Å². The summed E-state index contributed by atoms with van der Waals surface area (Å²) >= 11 is 0. The highest BCUT2D eigenvalue weighted by Crippen LogP contribution is 1.95. The van der Waals surface area contributed by atoms with E-state index >= 15 is 0 Å². The van der Waals surface area contributed by atoms with Gasteiger partial charge in [-0.3, -0.25) is 9.69 Å². The van der Waals surface area contributed by atoms with E-state index in [2.05, 4.69) is 15.5 Å². The lowest BCUT2D eigenvalue weighted by atomic mass is 10.2. The van der Waals surface area contributed by atoms with Crippen molar-refractivity contribution in [3.63, 3.8) is 0 Å². The van der Waals surface area contributed by atoms with Crippen molar-refractivity contribution in [1.29, 1.82) is 0 Å². The highest BCUT2D eigenvalue weighted by Gasteiger charge is 2.13. The minimum Gasteiger partial charge on any atom is -0.396 e. The van der Waals surface area contributed by atoms with Crippen LogP contribution in [0.1, 0.15) is 19.8 Å². The second-order valence-electron chi connectivity index (χ2n) is 4.36. The van der Waals surface area contributed by atoms with Crippen LogP contribution in [0.4, 0.5) is 0 Å². The quantitative estimate of drug-likeness (QED) is 0.576. The van der Waals surface area contributed by atoms with Gasteiger partial charge < -0.3 is 15.7 Å². The molecular weight excluding hydrogens is 206 g/mol. The average molecular weight is 229 g/mol. The van der Waals surface area contributed by atoms with Crippen LogP contribution in [0.3, 0.4) is 0 Å². The molecule has 16 heavy (non-hydrogen) atoms. The third-order valence-electron chi connectivity index (χ3n) is 2.77. The minimum absolute atomic E-state index is 0.0580. The van der Waals surface area contributed by atoms with Gasteiger partial charge in [-0.2, -0.15) is 0 Å². The number of carbonyl (C=O) groups is 1. The number of carbonyl (C=O) groups excluding carboxylic acids is 1. The van der Waals surface area contributed by atoms with E-state index in [4.69, 9.17) is 5.11 Å². The molecule has 0 radical (unpaired) electrons. The molecule has 1 amide bonds. The molecule has 0 aromatic rings. The molecule has 5 heteroatoms. The third-order valence-corrected chi connectivity index (χ3v) is 2.77. The van der Waals surface area contributed by atoms with Gasteiger partial charge in [-0.1, -0.05) is 0 Å². The highest BCUT2D eigenvalue weighted by molar-refractivity contribution is 5.78. The summed E-state index contributed by atoms with van der Waals surface area (Å²) in [6.45, 7) is 6.42. The molecule has 0 aliphatic carbocycles. The van der Waals surface area contributed by atoms with Gasteiger partial charge in [0.1, 0.15) is 0 Å². The van der Waals surface area contributed by atoms with Crippen molar-refractivity contribution in [3.8, 4) is 0 Å². The zero-order chi connectivity index (χ0) is 11.8. The summed E-state index contributed by atoms with van der Waals surface area (Å²) in [7, 11) is 0. The second kappa shape index (κ2) is 7.60. The molecule has 94 valence electrons. The van der Waals surface area contributed by atoms with Gasteiger partial charge in [-0.05, 0) is 32.9 Å². The van der Waals surface area contributed by atoms with Crippen LogP contribution in [0.2, 0.25) is 0 Å². The summed E-state index contributed by atoms with van der Waals surface area (Å²) in [5.41, 5.74) is 0. The van der Waals surface area contributed by atoms with E-state index in [0.717, 1.165) is 32.6 Å². The van der Waals surface area contributed by atoms with E-state index < -0.39 is 0 Å². The van der Waals surface area contributed by atoms with Crippen LogP contribution in [0, 0.1) is 0 Å². The van der Waals surface area contributed by atoms with Crippen LogP contribution in [-0.2, 0) is 4.79 Å². The Morgan fingerprint density at radius 1 is 1.50 bits per heavy atom. The van der Waals surface area contributed by atoms with Crippen LogP contribution in [0.25, 0.3) is 0 Å². The van der Waals surface area contributed by atoms with Crippen molar-refractivity contribution in [1.82, 2.24) is 15.5 Å². The molecule has 1 aliphatic heterocycles.